The summed E-state index contributed by atoms with van der Waals surface area (Å²) in [6, 6.07) is 18.3. The number of nitrogens with one attached hydrogen (secondary N) is 1. The van der Waals surface area contributed by atoms with Crippen molar-refractivity contribution in [3.63, 3.8) is 0 Å². The standard InChI is InChI=1S/C22H25N3OS/c1-2-25(18-10-4-3-5-11-18)21(26)16-24-14-8-9-17(15-24)22-23-19-12-6-7-13-20(19)27-22/h3-7,10-13,17H,2,8-9,14-16H2,1H3/p+1/t17-/m1/s1. The van der Waals surface area contributed by atoms with Crippen molar-refractivity contribution < 1.29 is 9.69 Å². The summed E-state index contributed by atoms with van der Waals surface area (Å²) >= 11 is 1.81. The Morgan fingerprint density at radius 3 is 2.74 bits per heavy atom. The van der Waals surface area contributed by atoms with Crippen molar-refractivity contribution in [2.24, 2.45) is 0 Å². The van der Waals surface area contributed by atoms with Gasteiger partial charge in [-0.15, -0.1) is 11.3 Å². The van der Waals surface area contributed by atoms with E-state index in [0.717, 1.165) is 30.7 Å². The zero-order valence-corrected chi connectivity index (χ0v) is 16.5. The molecule has 1 amide bonds. The lowest BCUT2D eigenvalue weighted by Crippen LogP contribution is -3.14. The second-order valence-corrected chi connectivity index (χ2v) is 8.28. The van der Waals surface area contributed by atoms with Crippen LogP contribution in [-0.4, -0.2) is 37.1 Å². The third-order valence-corrected chi connectivity index (χ3v) is 6.56. The molecular formula is C22H26N3OS+. The van der Waals surface area contributed by atoms with Crippen LogP contribution >= 0.6 is 11.3 Å². The third kappa shape index (κ3) is 4.04. The van der Waals surface area contributed by atoms with Crippen LogP contribution in [0.3, 0.4) is 0 Å². The van der Waals surface area contributed by atoms with Crippen LogP contribution in [-0.2, 0) is 4.79 Å². The minimum absolute atomic E-state index is 0.212. The Morgan fingerprint density at radius 1 is 1.19 bits per heavy atom. The molecule has 3 aromatic rings. The van der Waals surface area contributed by atoms with E-state index in [-0.39, 0.29) is 5.91 Å². The first-order valence-electron chi connectivity index (χ1n) is 9.79. The highest BCUT2D eigenvalue weighted by Crippen LogP contribution is 2.30. The van der Waals surface area contributed by atoms with Gasteiger partial charge in [0.15, 0.2) is 6.54 Å². The number of anilines is 1. The van der Waals surface area contributed by atoms with E-state index in [0.29, 0.717) is 19.0 Å². The van der Waals surface area contributed by atoms with Gasteiger partial charge in [0, 0.05) is 12.2 Å². The zero-order chi connectivity index (χ0) is 18.6. The molecule has 2 aromatic carbocycles. The maximum atomic E-state index is 12.9. The van der Waals surface area contributed by atoms with Gasteiger partial charge in [0.05, 0.1) is 29.2 Å². The Balaban J connectivity index is 1.44. The second kappa shape index (κ2) is 8.19. The molecule has 0 aliphatic carbocycles. The fourth-order valence-electron chi connectivity index (χ4n) is 4.01. The zero-order valence-electron chi connectivity index (χ0n) is 15.7. The topological polar surface area (TPSA) is 37.6 Å². The quantitative estimate of drug-likeness (QED) is 0.739. The largest absolute Gasteiger partial charge is 0.327 e. The Morgan fingerprint density at radius 2 is 1.96 bits per heavy atom. The fraction of sp³-hybridized carbons (Fsp3) is 0.364. The summed E-state index contributed by atoms with van der Waals surface area (Å²) in [5.74, 6) is 0.675. The van der Waals surface area contributed by atoms with Crippen LogP contribution in [0, 0.1) is 0 Å². The highest BCUT2D eigenvalue weighted by molar-refractivity contribution is 7.18. The average molecular weight is 381 g/mol. The summed E-state index contributed by atoms with van der Waals surface area (Å²) in [5.41, 5.74) is 2.09. The lowest BCUT2D eigenvalue weighted by Gasteiger charge is -2.30. The number of carbonyl (C=O) groups excluding carboxylic acids is 1. The van der Waals surface area contributed by atoms with Crippen molar-refractivity contribution in [1.29, 1.82) is 0 Å². The summed E-state index contributed by atoms with van der Waals surface area (Å²) in [7, 11) is 0. The first kappa shape index (κ1) is 18.1. The van der Waals surface area contributed by atoms with Crippen molar-refractivity contribution in [3.05, 3.63) is 59.6 Å². The number of thiazole rings is 1. The molecule has 1 fully saturated rings. The maximum Gasteiger partial charge on any atom is 0.282 e. The van der Waals surface area contributed by atoms with Crippen LogP contribution in [0.25, 0.3) is 10.2 Å². The first-order chi connectivity index (χ1) is 13.2. The van der Waals surface area contributed by atoms with Gasteiger partial charge in [-0.2, -0.15) is 0 Å². The average Bonchev–Trinajstić information content (AvgIpc) is 3.14. The van der Waals surface area contributed by atoms with Crippen LogP contribution in [0.15, 0.2) is 54.6 Å². The van der Waals surface area contributed by atoms with Crippen LogP contribution in [0.1, 0.15) is 30.7 Å². The SMILES string of the molecule is CCN(C(=O)C[NH+]1CCC[C@@H](c2nc3ccccc3s2)C1)c1ccccc1. The molecule has 0 radical (unpaired) electrons. The molecule has 1 N–H and O–H groups in total. The Kier molecular flexibility index (Phi) is 5.50. The minimum Gasteiger partial charge on any atom is -0.327 e. The van der Waals surface area contributed by atoms with Crippen LogP contribution in [0.4, 0.5) is 5.69 Å². The minimum atomic E-state index is 0.212. The van der Waals surface area contributed by atoms with E-state index < -0.39 is 0 Å². The van der Waals surface area contributed by atoms with Gasteiger partial charge in [0.2, 0.25) is 0 Å². The van der Waals surface area contributed by atoms with Crippen LogP contribution in [0.2, 0.25) is 0 Å². The molecule has 0 bridgehead atoms. The Labute approximate surface area is 164 Å². The fourth-order valence-corrected chi connectivity index (χ4v) is 5.11. The number of para-hydroxylation sites is 2. The summed E-state index contributed by atoms with van der Waals surface area (Å²) in [6.07, 6.45) is 2.33. The van der Waals surface area contributed by atoms with E-state index in [9.17, 15) is 4.79 Å². The van der Waals surface area contributed by atoms with Gasteiger partial charge in [-0.05, 0) is 44.0 Å². The monoisotopic (exact) mass is 380 g/mol. The first-order valence-corrected chi connectivity index (χ1v) is 10.6. The summed E-state index contributed by atoms with van der Waals surface area (Å²) in [5, 5.41) is 1.23. The number of hydrogen-bond donors (Lipinski definition) is 1. The maximum absolute atomic E-state index is 12.9. The van der Waals surface area contributed by atoms with Crippen LogP contribution in [0.5, 0.6) is 0 Å². The third-order valence-electron chi connectivity index (χ3n) is 5.36. The van der Waals surface area contributed by atoms with Gasteiger partial charge in [-0.25, -0.2) is 4.98 Å². The van der Waals surface area contributed by atoms with Crippen molar-refractivity contribution in [3.8, 4) is 0 Å². The molecule has 140 valence electrons. The van der Waals surface area contributed by atoms with Gasteiger partial charge >= 0.3 is 0 Å². The van der Waals surface area contributed by atoms with E-state index in [1.165, 1.54) is 21.0 Å². The number of quaternary nitrogens is 1. The van der Waals surface area contributed by atoms with Crippen molar-refractivity contribution in [2.75, 3.05) is 31.1 Å². The van der Waals surface area contributed by atoms with Gasteiger partial charge in [-0.1, -0.05) is 30.3 Å². The molecule has 5 heteroatoms. The van der Waals surface area contributed by atoms with Gasteiger partial charge in [0.1, 0.15) is 5.01 Å². The van der Waals surface area contributed by atoms with Crippen molar-refractivity contribution >= 4 is 33.1 Å². The molecule has 27 heavy (non-hydrogen) atoms. The number of likely N-dealkylation sites (tertiary alicyclic amines) is 1. The molecule has 2 heterocycles. The lowest BCUT2D eigenvalue weighted by molar-refractivity contribution is -0.898. The normalized spacial score (nSPS) is 19.9. The predicted octanol–water partition coefficient (Wildman–Crippen LogP) is 3.11. The lowest BCUT2D eigenvalue weighted by atomic mass is 9.98. The van der Waals surface area contributed by atoms with E-state index in [1.54, 1.807) is 0 Å². The van der Waals surface area contributed by atoms with Gasteiger partial charge < -0.3 is 9.80 Å². The highest BCUT2D eigenvalue weighted by atomic mass is 32.1. The number of rotatable bonds is 5. The molecule has 0 spiro atoms. The molecule has 1 saturated heterocycles. The van der Waals surface area contributed by atoms with Gasteiger partial charge in [0.25, 0.3) is 5.91 Å². The molecule has 0 saturated carbocycles. The van der Waals surface area contributed by atoms with E-state index >= 15 is 0 Å². The van der Waals surface area contributed by atoms with Crippen molar-refractivity contribution in [1.82, 2.24) is 4.98 Å². The number of fused-ring (bicyclic) bond motifs is 1. The summed E-state index contributed by atoms with van der Waals surface area (Å²) in [6.45, 7) is 5.37. The predicted molar refractivity (Wildman–Crippen MR) is 112 cm³/mol. The molecular weight excluding hydrogens is 354 g/mol. The molecule has 1 unspecified atom stereocenters. The number of piperidine rings is 1. The van der Waals surface area contributed by atoms with Crippen LogP contribution < -0.4 is 9.80 Å². The Hall–Kier alpha value is -2.24. The molecule has 4 rings (SSSR count). The molecule has 1 aromatic heterocycles. The Bertz CT molecular complexity index is 875. The number of carbonyl (C=O) groups is 1. The number of hydrogen-bond acceptors (Lipinski definition) is 3. The number of likely N-dealkylation sites (N-methyl/N-ethyl adjacent to an activating group) is 1. The van der Waals surface area contributed by atoms with E-state index in [2.05, 4.69) is 18.2 Å². The van der Waals surface area contributed by atoms with Crippen molar-refractivity contribution in [2.45, 2.75) is 25.7 Å². The molecule has 4 nitrogen and oxygen atoms in total. The van der Waals surface area contributed by atoms with Gasteiger partial charge in [-0.3, -0.25) is 4.79 Å². The number of aromatic nitrogens is 1. The highest BCUT2D eigenvalue weighted by Gasteiger charge is 2.29. The number of benzene rings is 2. The smallest absolute Gasteiger partial charge is 0.282 e. The van der Waals surface area contributed by atoms with E-state index in [1.807, 2.05) is 59.6 Å². The van der Waals surface area contributed by atoms with E-state index in [4.69, 9.17) is 4.98 Å². The molecule has 1 aliphatic heterocycles. The number of amides is 1. The summed E-state index contributed by atoms with van der Waals surface area (Å²) < 4.78 is 1.26. The number of nitrogens with zero attached hydrogens (tertiary/aromatic N) is 2. The molecule has 2 atom stereocenters. The molecule has 1 aliphatic rings. The summed E-state index contributed by atoms with van der Waals surface area (Å²) in [4.78, 5) is 21.1. The second-order valence-electron chi connectivity index (χ2n) is 7.21.